The molecule has 0 amide bonds. The quantitative estimate of drug-likeness (QED) is 0.581. The van der Waals surface area contributed by atoms with Crippen molar-refractivity contribution in [3.05, 3.63) is 41.5 Å². The van der Waals surface area contributed by atoms with Crippen molar-refractivity contribution in [1.29, 1.82) is 5.26 Å². The number of hydrogen-bond donors (Lipinski definition) is 1. The molecule has 1 aromatic carbocycles. The standard InChI is InChI=1S/C26H33N3O3/c1-17-4-3-5-19-14-22-23(24(30)26(17,19)2)21(25(31)32-22)16-28-10-12-29(13-11-28)20-8-6-18(15-27)7-9-20/h5-9,17,21-24,30H,3-4,10-14,16H2,1-2H3/t17-,21+,22-,23+,24+,26-/m1/s1. The minimum absolute atomic E-state index is 0.123. The highest BCUT2D eigenvalue weighted by molar-refractivity contribution is 5.76. The molecule has 32 heavy (non-hydrogen) atoms. The average Bonchev–Trinajstić information content (AvgIpc) is 3.11. The summed E-state index contributed by atoms with van der Waals surface area (Å²) in [5.74, 6) is -0.111. The Labute approximate surface area is 190 Å². The van der Waals surface area contributed by atoms with Gasteiger partial charge in [-0.1, -0.05) is 25.5 Å². The molecule has 6 heteroatoms. The van der Waals surface area contributed by atoms with Crippen molar-refractivity contribution >= 4 is 11.7 Å². The number of aliphatic hydroxyl groups is 1. The molecule has 1 saturated carbocycles. The summed E-state index contributed by atoms with van der Waals surface area (Å²) in [7, 11) is 0. The number of benzene rings is 1. The van der Waals surface area contributed by atoms with E-state index in [1.54, 1.807) is 0 Å². The van der Waals surface area contributed by atoms with E-state index < -0.39 is 6.10 Å². The summed E-state index contributed by atoms with van der Waals surface area (Å²) in [5, 5.41) is 20.5. The summed E-state index contributed by atoms with van der Waals surface area (Å²) in [6.07, 6.45) is 4.47. The van der Waals surface area contributed by atoms with E-state index in [1.807, 2.05) is 24.3 Å². The van der Waals surface area contributed by atoms with Gasteiger partial charge in [0.25, 0.3) is 0 Å². The van der Waals surface area contributed by atoms with Gasteiger partial charge in [0.1, 0.15) is 6.10 Å². The van der Waals surface area contributed by atoms with Crippen LogP contribution in [0.4, 0.5) is 5.69 Å². The lowest BCUT2D eigenvalue weighted by Crippen LogP contribution is -2.55. The lowest BCUT2D eigenvalue weighted by atomic mass is 9.55. The number of allylic oxidation sites excluding steroid dienone is 1. The Morgan fingerprint density at radius 3 is 2.62 bits per heavy atom. The van der Waals surface area contributed by atoms with E-state index in [2.05, 4.69) is 35.8 Å². The van der Waals surface area contributed by atoms with Gasteiger partial charge in [-0.2, -0.15) is 5.26 Å². The minimum atomic E-state index is -0.542. The third-order valence-corrected chi connectivity index (χ3v) is 8.76. The van der Waals surface area contributed by atoms with Crippen LogP contribution >= 0.6 is 0 Å². The van der Waals surface area contributed by atoms with E-state index >= 15 is 0 Å². The first-order chi connectivity index (χ1) is 15.4. The minimum Gasteiger partial charge on any atom is -0.461 e. The van der Waals surface area contributed by atoms with Crippen LogP contribution in [0.25, 0.3) is 0 Å². The molecule has 0 bridgehead atoms. The molecule has 3 fully saturated rings. The fourth-order valence-corrected chi connectivity index (χ4v) is 6.49. The number of ether oxygens (including phenoxy) is 1. The maximum absolute atomic E-state index is 12.9. The number of carbonyl (C=O) groups excluding carboxylic acids is 1. The number of anilines is 1. The van der Waals surface area contributed by atoms with Gasteiger partial charge in [-0.05, 0) is 43.0 Å². The summed E-state index contributed by atoms with van der Waals surface area (Å²) in [6.45, 7) is 8.59. The molecule has 0 spiro atoms. The first kappa shape index (κ1) is 21.5. The average molecular weight is 436 g/mol. The van der Waals surface area contributed by atoms with E-state index in [9.17, 15) is 9.90 Å². The van der Waals surface area contributed by atoms with Gasteiger partial charge in [-0.15, -0.1) is 0 Å². The van der Waals surface area contributed by atoms with Gasteiger partial charge in [0.15, 0.2) is 0 Å². The maximum Gasteiger partial charge on any atom is 0.311 e. The topological polar surface area (TPSA) is 76.8 Å². The number of fused-ring (bicyclic) bond motifs is 2. The van der Waals surface area contributed by atoms with Crippen LogP contribution in [-0.4, -0.2) is 60.9 Å². The molecule has 5 rings (SSSR count). The third kappa shape index (κ3) is 3.43. The second-order valence-corrected chi connectivity index (χ2v) is 10.2. The van der Waals surface area contributed by atoms with Gasteiger partial charge in [0.05, 0.1) is 23.7 Å². The van der Waals surface area contributed by atoms with Crippen molar-refractivity contribution < 1.29 is 14.6 Å². The molecule has 0 aromatic heterocycles. The van der Waals surface area contributed by atoms with Crippen LogP contribution in [0.1, 0.15) is 38.7 Å². The molecule has 2 saturated heterocycles. The molecule has 0 radical (unpaired) electrons. The Kier molecular flexibility index (Phi) is 5.51. The van der Waals surface area contributed by atoms with Gasteiger partial charge < -0.3 is 14.7 Å². The van der Waals surface area contributed by atoms with Crippen LogP contribution in [0.5, 0.6) is 0 Å². The fourth-order valence-electron chi connectivity index (χ4n) is 6.49. The second-order valence-electron chi connectivity index (χ2n) is 10.2. The van der Waals surface area contributed by atoms with Crippen LogP contribution in [-0.2, 0) is 9.53 Å². The Morgan fingerprint density at radius 2 is 1.94 bits per heavy atom. The monoisotopic (exact) mass is 435 g/mol. The number of piperazine rings is 1. The highest BCUT2D eigenvalue weighted by atomic mass is 16.6. The second kappa shape index (κ2) is 8.20. The zero-order valence-electron chi connectivity index (χ0n) is 19.0. The molecular weight excluding hydrogens is 402 g/mol. The van der Waals surface area contributed by atoms with Crippen molar-refractivity contribution in [2.45, 2.75) is 45.3 Å². The van der Waals surface area contributed by atoms with E-state index in [0.717, 1.165) is 51.1 Å². The number of nitriles is 1. The zero-order valence-corrected chi connectivity index (χ0v) is 19.0. The van der Waals surface area contributed by atoms with Crippen LogP contribution in [0.2, 0.25) is 0 Å². The predicted octanol–water partition coefficient (Wildman–Crippen LogP) is 2.97. The Morgan fingerprint density at radius 1 is 1.22 bits per heavy atom. The number of rotatable bonds is 3. The molecule has 6 atom stereocenters. The molecule has 170 valence electrons. The van der Waals surface area contributed by atoms with Crippen molar-refractivity contribution in [2.24, 2.45) is 23.2 Å². The highest BCUT2D eigenvalue weighted by Crippen LogP contribution is 2.56. The summed E-state index contributed by atoms with van der Waals surface area (Å²) < 4.78 is 5.83. The summed E-state index contributed by atoms with van der Waals surface area (Å²) in [6, 6.07) is 9.88. The molecule has 2 heterocycles. The predicted molar refractivity (Wildman–Crippen MR) is 122 cm³/mol. The van der Waals surface area contributed by atoms with Crippen LogP contribution in [0.3, 0.4) is 0 Å². The fraction of sp³-hybridized carbons (Fsp3) is 0.615. The lowest BCUT2D eigenvalue weighted by Gasteiger charge is -2.52. The largest absolute Gasteiger partial charge is 0.461 e. The van der Waals surface area contributed by atoms with Gasteiger partial charge in [-0.3, -0.25) is 9.69 Å². The van der Waals surface area contributed by atoms with E-state index in [4.69, 9.17) is 10.00 Å². The first-order valence-corrected chi connectivity index (χ1v) is 12.0. The number of carbonyl (C=O) groups is 1. The van der Waals surface area contributed by atoms with Crippen molar-refractivity contribution in [1.82, 2.24) is 4.90 Å². The first-order valence-electron chi connectivity index (χ1n) is 12.0. The van der Waals surface area contributed by atoms with Gasteiger partial charge in [0.2, 0.25) is 0 Å². The lowest BCUT2D eigenvalue weighted by molar-refractivity contribution is -0.145. The van der Waals surface area contributed by atoms with Gasteiger partial charge >= 0.3 is 5.97 Å². The molecular formula is C26H33N3O3. The van der Waals surface area contributed by atoms with E-state index in [0.29, 0.717) is 18.0 Å². The highest BCUT2D eigenvalue weighted by Gasteiger charge is 2.59. The van der Waals surface area contributed by atoms with Crippen molar-refractivity contribution in [2.75, 3.05) is 37.6 Å². The Balaban J connectivity index is 1.26. The van der Waals surface area contributed by atoms with Crippen LogP contribution < -0.4 is 4.90 Å². The summed E-state index contributed by atoms with van der Waals surface area (Å²) in [5.41, 5.74) is 2.84. The molecule has 1 N–H and O–H groups in total. The molecule has 4 aliphatic rings. The molecule has 2 aliphatic heterocycles. The maximum atomic E-state index is 12.9. The van der Waals surface area contributed by atoms with E-state index in [-0.39, 0.29) is 29.3 Å². The number of hydrogen-bond acceptors (Lipinski definition) is 6. The van der Waals surface area contributed by atoms with E-state index in [1.165, 1.54) is 5.57 Å². The molecule has 1 aromatic rings. The number of nitrogens with zero attached hydrogens (tertiary/aromatic N) is 3. The SMILES string of the molecule is C[C@@H]1CCC=C2C[C@H]3OC(=O)[C@@H](CN4CCN(c5ccc(C#N)cc5)CC4)[C@@H]3[C@H](O)[C@@]21C. The molecule has 6 nitrogen and oxygen atoms in total. The van der Waals surface area contributed by atoms with Crippen molar-refractivity contribution in [3.8, 4) is 6.07 Å². The summed E-state index contributed by atoms with van der Waals surface area (Å²) in [4.78, 5) is 17.6. The molecule has 2 aliphatic carbocycles. The van der Waals surface area contributed by atoms with Gasteiger partial charge in [-0.25, -0.2) is 0 Å². The Hall–Kier alpha value is -2.36. The number of aliphatic hydroxyl groups excluding tert-OH is 1. The third-order valence-electron chi connectivity index (χ3n) is 8.76. The number of esters is 1. The van der Waals surface area contributed by atoms with Crippen molar-refractivity contribution in [3.63, 3.8) is 0 Å². The van der Waals surface area contributed by atoms with Crippen LogP contribution in [0.15, 0.2) is 35.9 Å². The normalized spacial score (nSPS) is 37.2. The van der Waals surface area contributed by atoms with Crippen LogP contribution in [0, 0.1) is 34.5 Å². The van der Waals surface area contributed by atoms with Gasteiger partial charge in [0, 0.05) is 56.2 Å². The zero-order chi connectivity index (χ0) is 22.5. The summed E-state index contributed by atoms with van der Waals surface area (Å²) >= 11 is 0. The Bertz CT molecular complexity index is 944. The molecule has 0 unspecified atom stereocenters. The smallest absolute Gasteiger partial charge is 0.311 e.